The number of ether oxygens (including phenoxy) is 2. The fourth-order valence-electron chi connectivity index (χ4n) is 2.00. The van der Waals surface area contributed by atoms with Crippen molar-refractivity contribution in [1.29, 1.82) is 0 Å². The van der Waals surface area contributed by atoms with Crippen LogP contribution in [0.15, 0.2) is 30.3 Å². The zero-order valence-electron chi connectivity index (χ0n) is 12.3. The van der Waals surface area contributed by atoms with Crippen LogP contribution in [0.2, 0.25) is 15.1 Å². The van der Waals surface area contributed by atoms with E-state index in [1.807, 2.05) is 25.2 Å². The Labute approximate surface area is 145 Å². The molecule has 0 aliphatic carbocycles. The molecule has 0 atom stereocenters. The molecule has 0 aliphatic rings. The first-order valence-electron chi connectivity index (χ1n) is 6.63. The molecule has 0 amide bonds. The molecule has 118 valence electrons. The molecule has 6 heteroatoms. The van der Waals surface area contributed by atoms with E-state index in [1.165, 1.54) is 0 Å². The van der Waals surface area contributed by atoms with Gasteiger partial charge in [0.05, 0.1) is 17.2 Å². The highest BCUT2D eigenvalue weighted by molar-refractivity contribution is 6.44. The van der Waals surface area contributed by atoms with E-state index >= 15 is 0 Å². The molecule has 1 N–H and O–H groups in total. The summed E-state index contributed by atoms with van der Waals surface area (Å²) in [4.78, 5) is 0. The largest absolute Gasteiger partial charge is 0.493 e. The fraction of sp³-hybridized carbons (Fsp3) is 0.250. The van der Waals surface area contributed by atoms with E-state index in [4.69, 9.17) is 44.3 Å². The fourth-order valence-corrected chi connectivity index (χ4v) is 2.66. The molecule has 0 fully saturated rings. The predicted molar refractivity (Wildman–Crippen MR) is 91.6 cm³/mol. The topological polar surface area (TPSA) is 30.5 Å². The average molecular weight is 361 g/mol. The second-order valence-corrected chi connectivity index (χ2v) is 5.82. The standard InChI is InChI=1S/C16H16Cl3NO2/c1-20-8-10-3-6-14(21-2)15(7-10)22-9-11-12(17)4-5-13(18)16(11)19/h3-7,20H,8-9H2,1-2H3. The number of hydrogen-bond donors (Lipinski definition) is 1. The van der Waals surface area contributed by atoms with Crippen LogP contribution in [0.3, 0.4) is 0 Å². The van der Waals surface area contributed by atoms with Crippen molar-refractivity contribution in [2.45, 2.75) is 13.2 Å². The Balaban J connectivity index is 2.24. The first-order valence-corrected chi connectivity index (χ1v) is 7.77. The summed E-state index contributed by atoms with van der Waals surface area (Å²) in [6.07, 6.45) is 0. The lowest BCUT2D eigenvalue weighted by atomic mass is 10.2. The van der Waals surface area contributed by atoms with Crippen LogP contribution in [-0.2, 0) is 13.2 Å². The average Bonchev–Trinajstić information content (AvgIpc) is 2.52. The molecule has 0 bridgehead atoms. The molecule has 0 aromatic heterocycles. The van der Waals surface area contributed by atoms with Crippen LogP contribution in [0, 0.1) is 0 Å². The summed E-state index contributed by atoms with van der Waals surface area (Å²) in [5.41, 5.74) is 1.73. The second-order valence-electron chi connectivity index (χ2n) is 4.63. The smallest absolute Gasteiger partial charge is 0.161 e. The van der Waals surface area contributed by atoms with Gasteiger partial charge in [-0.25, -0.2) is 0 Å². The number of nitrogens with one attached hydrogen (secondary N) is 1. The molecule has 0 spiro atoms. The van der Waals surface area contributed by atoms with Gasteiger partial charge in [-0.1, -0.05) is 40.9 Å². The molecule has 2 aromatic carbocycles. The summed E-state index contributed by atoms with van der Waals surface area (Å²) in [7, 11) is 3.48. The third-order valence-electron chi connectivity index (χ3n) is 3.12. The van der Waals surface area contributed by atoms with E-state index in [9.17, 15) is 0 Å². The Bertz CT molecular complexity index is 662. The SMILES string of the molecule is CNCc1ccc(OC)c(OCc2c(Cl)ccc(Cl)c2Cl)c1. The molecule has 0 aliphatic heterocycles. The van der Waals surface area contributed by atoms with Gasteiger partial charge in [-0.05, 0) is 36.9 Å². The van der Waals surface area contributed by atoms with Crippen molar-refractivity contribution in [3.8, 4) is 11.5 Å². The minimum Gasteiger partial charge on any atom is -0.493 e. The van der Waals surface area contributed by atoms with Crippen molar-refractivity contribution in [2.75, 3.05) is 14.2 Å². The Morgan fingerprint density at radius 2 is 1.73 bits per heavy atom. The van der Waals surface area contributed by atoms with Crippen molar-refractivity contribution in [3.05, 3.63) is 56.5 Å². The van der Waals surface area contributed by atoms with Gasteiger partial charge in [-0.2, -0.15) is 0 Å². The van der Waals surface area contributed by atoms with Gasteiger partial charge in [0, 0.05) is 17.1 Å². The van der Waals surface area contributed by atoms with Gasteiger partial charge in [-0.15, -0.1) is 0 Å². The summed E-state index contributed by atoms with van der Waals surface area (Å²) in [6, 6.07) is 9.11. The van der Waals surface area contributed by atoms with E-state index in [1.54, 1.807) is 19.2 Å². The lowest BCUT2D eigenvalue weighted by molar-refractivity contribution is 0.284. The highest BCUT2D eigenvalue weighted by Crippen LogP contribution is 2.34. The summed E-state index contributed by atoms with van der Waals surface area (Å²) in [5, 5.41) is 4.45. The Morgan fingerprint density at radius 3 is 2.41 bits per heavy atom. The minimum absolute atomic E-state index is 0.206. The Hall–Kier alpha value is -1.13. The maximum absolute atomic E-state index is 6.18. The quantitative estimate of drug-likeness (QED) is 0.739. The lowest BCUT2D eigenvalue weighted by Gasteiger charge is -2.14. The molecule has 2 aromatic rings. The molecule has 0 saturated heterocycles. The maximum Gasteiger partial charge on any atom is 0.161 e. The Morgan fingerprint density at radius 1 is 1.00 bits per heavy atom. The van der Waals surface area contributed by atoms with Gasteiger partial charge in [0.15, 0.2) is 11.5 Å². The number of hydrogen-bond acceptors (Lipinski definition) is 3. The summed E-state index contributed by atoms with van der Waals surface area (Å²) in [6.45, 7) is 0.941. The van der Waals surface area contributed by atoms with Gasteiger partial charge in [0.1, 0.15) is 6.61 Å². The molecule has 3 nitrogen and oxygen atoms in total. The van der Waals surface area contributed by atoms with Crippen LogP contribution in [0.25, 0.3) is 0 Å². The lowest BCUT2D eigenvalue weighted by Crippen LogP contribution is -2.06. The van der Waals surface area contributed by atoms with E-state index < -0.39 is 0 Å². The minimum atomic E-state index is 0.206. The Kier molecular flexibility index (Phi) is 6.21. The molecule has 0 unspecified atom stereocenters. The second kappa shape index (κ2) is 7.93. The molecule has 0 saturated carbocycles. The first-order chi connectivity index (χ1) is 10.6. The molecule has 0 heterocycles. The first kappa shape index (κ1) is 17.2. The molecule has 22 heavy (non-hydrogen) atoms. The van der Waals surface area contributed by atoms with Crippen molar-refractivity contribution < 1.29 is 9.47 Å². The van der Waals surface area contributed by atoms with E-state index in [-0.39, 0.29) is 6.61 Å². The number of rotatable bonds is 6. The van der Waals surface area contributed by atoms with E-state index in [2.05, 4.69) is 5.32 Å². The van der Waals surface area contributed by atoms with E-state index in [0.717, 1.165) is 12.1 Å². The third-order valence-corrected chi connectivity index (χ3v) is 4.32. The van der Waals surface area contributed by atoms with Crippen molar-refractivity contribution >= 4 is 34.8 Å². The maximum atomic E-state index is 6.18. The van der Waals surface area contributed by atoms with Crippen LogP contribution >= 0.6 is 34.8 Å². The summed E-state index contributed by atoms with van der Waals surface area (Å²) >= 11 is 18.4. The number of benzene rings is 2. The molecular formula is C16H16Cl3NO2. The number of halogens is 3. The summed E-state index contributed by atoms with van der Waals surface area (Å²) < 4.78 is 11.2. The highest BCUT2D eigenvalue weighted by atomic mass is 35.5. The normalized spacial score (nSPS) is 10.6. The van der Waals surface area contributed by atoms with Crippen LogP contribution in [0.1, 0.15) is 11.1 Å². The van der Waals surface area contributed by atoms with Crippen molar-refractivity contribution in [3.63, 3.8) is 0 Å². The zero-order chi connectivity index (χ0) is 16.1. The van der Waals surface area contributed by atoms with Crippen LogP contribution < -0.4 is 14.8 Å². The van der Waals surface area contributed by atoms with Crippen LogP contribution in [0.5, 0.6) is 11.5 Å². The van der Waals surface area contributed by atoms with Gasteiger partial charge in [0.25, 0.3) is 0 Å². The highest BCUT2D eigenvalue weighted by Gasteiger charge is 2.12. The van der Waals surface area contributed by atoms with Crippen molar-refractivity contribution in [1.82, 2.24) is 5.32 Å². The van der Waals surface area contributed by atoms with Crippen LogP contribution in [-0.4, -0.2) is 14.2 Å². The van der Waals surface area contributed by atoms with Gasteiger partial charge in [-0.3, -0.25) is 0 Å². The molecule has 2 rings (SSSR count). The van der Waals surface area contributed by atoms with Gasteiger partial charge >= 0.3 is 0 Å². The monoisotopic (exact) mass is 359 g/mol. The predicted octanol–water partition coefficient (Wildman–Crippen LogP) is 4.95. The number of methoxy groups -OCH3 is 1. The van der Waals surface area contributed by atoms with Gasteiger partial charge in [0.2, 0.25) is 0 Å². The zero-order valence-corrected chi connectivity index (χ0v) is 14.5. The molecular weight excluding hydrogens is 345 g/mol. The van der Waals surface area contributed by atoms with E-state index in [0.29, 0.717) is 32.1 Å². The third kappa shape index (κ3) is 3.99. The van der Waals surface area contributed by atoms with Crippen molar-refractivity contribution in [2.24, 2.45) is 0 Å². The van der Waals surface area contributed by atoms with Gasteiger partial charge < -0.3 is 14.8 Å². The molecule has 0 radical (unpaired) electrons. The van der Waals surface area contributed by atoms with Crippen LogP contribution in [0.4, 0.5) is 0 Å². The summed E-state index contributed by atoms with van der Waals surface area (Å²) in [5.74, 6) is 1.27.